The van der Waals surface area contributed by atoms with Gasteiger partial charge in [-0.15, -0.1) is 0 Å². The topological polar surface area (TPSA) is 57.6 Å². The third-order valence-corrected chi connectivity index (χ3v) is 2.89. The van der Waals surface area contributed by atoms with Crippen LogP contribution in [0.25, 0.3) is 0 Å². The van der Waals surface area contributed by atoms with Crippen molar-refractivity contribution in [2.45, 2.75) is 12.3 Å². The maximum absolute atomic E-state index is 12.5. The maximum Gasteiger partial charge on any atom is 0.211 e. The molecule has 1 aliphatic rings. The van der Waals surface area contributed by atoms with E-state index < -0.39 is 22.3 Å². The molecule has 0 aromatic rings. The van der Waals surface area contributed by atoms with Crippen LogP contribution in [0.2, 0.25) is 0 Å². The quantitative estimate of drug-likeness (QED) is 0.565. The molecule has 6 heteroatoms. The van der Waals surface area contributed by atoms with E-state index in [1.54, 1.807) is 0 Å². The first-order valence-corrected chi connectivity index (χ1v) is 5.03. The number of nitrogens with zero attached hydrogens (tertiary/aromatic N) is 1. The highest BCUT2D eigenvalue weighted by atomic mass is 32.2. The summed E-state index contributed by atoms with van der Waals surface area (Å²) in [5, 5.41) is 8.85. The van der Waals surface area contributed by atoms with Crippen molar-refractivity contribution < 1.29 is 17.9 Å². The fourth-order valence-corrected chi connectivity index (χ4v) is 1.82. The molecule has 2 atom stereocenters. The highest BCUT2D eigenvalue weighted by Gasteiger charge is 2.35. The summed E-state index contributed by atoms with van der Waals surface area (Å²) < 4.78 is 35.0. The van der Waals surface area contributed by atoms with Gasteiger partial charge >= 0.3 is 0 Å². The molecule has 4 nitrogen and oxygen atoms in total. The van der Waals surface area contributed by atoms with E-state index in [0.717, 1.165) is 10.6 Å². The van der Waals surface area contributed by atoms with Gasteiger partial charge in [0, 0.05) is 13.1 Å². The maximum atomic E-state index is 12.5. The van der Waals surface area contributed by atoms with Crippen LogP contribution in [0.1, 0.15) is 0 Å². The molecule has 0 aliphatic carbocycles. The minimum atomic E-state index is -3.34. The number of aliphatic hydroxyl groups excluding tert-OH is 1. The second-order valence-electron chi connectivity index (χ2n) is 2.66. The van der Waals surface area contributed by atoms with Crippen LogP contribution in [0.3, 0.4) is 0 Å². The normalized spacial score (nSPS) is 34.5. The molecule has 0 unspecified atom stereocenters. The Kier molecular flexibility index (Phi) is 2.17. The van der Waals surface area contributed by atoms with Crippen molar-refractivity contribution in [3.05, 3.63) is 0 Å². The smallest absolute Gasteiger partial charge is 0.211 e. The number of halogens is 1. The van der Waals surface area contributed by atoms with Crippen LogP contribution in [-0.2, 0) is 10.0 Å². The molecule has 1 aliphatic heterocycles. The molecule has 66 valence electrons. The average Bonchev–Trinajstić information content (AvgIpc) is 2.11. The summed E-state index contributed by atoms with van der Waals surface area (Å²) in [6.07, 6.45) is -1.60. The highest BCUT2D eigenvalue weighted by molar-refractivity contribution is 7.88. The summed E-state index contributed by atoms with van der Waals surface area (Å²) in [4.78, 5) is 0. The van der Waals surface area contributed by atoms with Crippen molar-refractivity contribution in [3.8, 4) is 0 Å². The van der Waals surface area contributed by atoms with Gasteiger partial charge in [-0.1, -0.05) is 0 Å². The molecule has 0 aromatic heterocycles. The summed E-state index contributed by atoms with van der Waals surface area (Å²) in [5.74, 6) is 0. The van der Waals surface area contributed by atoms with E-state index in [-0.39, 0.29) is 13.1 Å². The molecule has 1 heterocycles. The second kappa shape index (κ2) is 2.69. The lowest BCUT2D eigenvalue weighted by Gasteiger charge is -2.09. The van der Waals surface area contributed by atoms with Gasteiger partial charge in [-0.2, -0.15) is 4.31 Å². The van der Waals surface area contributed by atoms with Crippen LogP contribution in [0.4, 0.5) is 4.39 Å². The van der Waals surface area contributed by atoms with Crippen LogP contribution in [0.15, 0.2) is 0 Å². The largest absolute Gasteiger partial charge is 0.389 e. The SMILES string of the molecule is CS(=O)(=O)N1C[C@H](O)[C@@H](F)C1. The second-order valence-corrected chi connectivity index (χ2v) is 4.65. The van der Waals surface area contributed by atoms with Gasteiger partial charge in [0.25, 0.3) is 0 Å². The van der Waals surface area contributed by atoms with Crippen molar-refractivity contribution in [3.63, 3.8) is 0 Å². The summed E-state index contributed by atoms with van der Waals surface area (Å²) in [6.45, 7) is -0.347. The molecule has 1 rings (SSSR count). The Labute approximate surface area is 64.7 Å². The lowest BCUT2D eigenvalue weighted by atomic mass is 10.3. The number of hydrogen-bond donors (Lipinski definition) is 1. The first-order chi connectivity index (χ1) is 4.91. The summed E-state index contributed by atoms with van der Waals surface area (Å²) in [5.41, 5.74) is 0. The van der Waals surface area contributed by atoms with Crippen molar-refractivity contribution in [2.75, 3.05) is 19.3 Å². The Morgan fingerprint density at radius 2 is 2.09 bits per heavy atom. The molecule has 11 heavy (non-hydrogen) atoms. The zero-order valence-corrected chi connectivity index (χ0v) is 6.88. The lowest BCUT2D eigenvalue weighted by Crippen LogP contribution is -2.28. The molecule has 0 spiro atoms. The summed E-state index contributed by atoms with van der Waals surface area (Å²) in [7, 11) is -3.34. The van der Waals surface area contributed by atoms with Crippen LogP contribution in [-0.4, -0.2) is 49.5 Å². The standard InChI is InChI=1S/C5H10FNO3S/c1-11(9,10)7-2-4(6)5(8)3-7/h4-5,8H,2-3H2,1H3/t4-,5-/m0/s1. The van der Waals surface area contributed by atoms with Gasteiger partial charge < -0.3 is 5.11 Å². The Balaban J connectivity index is 2.69. The van der Waals surface area contributed by atoms with Crippen molar-refractivity contribution in [1.29, 1.82) is 0 Å². The van der Waals surface area contributed by atoms with Gasteiger partial charge in [-0.25, -0.2) is 12.8 Å². The fraction of sp³-hybridized carbons (Fsp3) is 1.00. The molecule has 0 saturated carbocycles. The molecule has 0 amide bonds. The Hall–Kier alpha value is -0.200. The van der Waals surface area contributed by atoms with E-state index in [4.69, 9.17) is 5.11 Å². The Morgan fingerprint density at radius 3 is 2.27 bits per heavy atom. The monoisotopic (exact) mass is 183 g/mol. The number of sulfonamides is 1. The van der Waals surface area contributed by atoms with Crippen LogP contribution < -0.4 is 0 Å². The first-order valence-electron chi connectivity index (χ1n) is 3.18. The van der Waals surface area contributed by atoms with Crippen LogP contribution in [0, 0.1) is 0 Å². The molecular formula is C5H10FNO3S. The number of aliphatic hydroxyl groups is 1. The van der Waals surface area contributed by atoms with E-state index in [1.165, 1.54) is 0 Å². The number of β-amino-alcohol motifs (C(OH)–C–C–N with tert-alkyl or cyclic N) is 1. The zero-order valence-electron chi connectivity index (χ0n) is 6.07. The highest BCUT2D eigenvalue weighted by Crippen LogP contribution is 2.15. The molecule has 0 bridgehead atoms. The fourth-order valence-electron chi connectivity index (χ4n) is 0.985. The molecular weight excluding hydrogens is 173 g/mol. The third-order valence-electron chi connectivity index (χ3n) is 1.66. The summed E-state index contributed by atoms with van der Waals surface area (Å²) in [6, 6.07) is 0. The molecule has 1 saturated heterocycles. The lowest BCUT2D eigenvalue weighted by molar-refractivity contribution is 0.117. The first kappa shape index (κ1) is 8.89. The van der Waals surface area contributed by atoms with Crippen LogP contribution in [0.5, 0.6) is 0 Å². The molecule has 0 aromatic carbocycles. The number of alkyl halides is 1. The van der Waals surface area contributed by atoms with E-state index >= 15 is 0 Å². The van der Waals surface area contributed by atoms with Crippen molar-refractivity contribution >= 4 is 10.0 Å². The van der Waals surface area contributed by atoms with Gasteiger partial charge in [-0.05, 0) is 0 Å². The van der Waals surface area contributed by atoms with Gasteiger partial charge in [0.15, 0.2) is 0 Å². The molecule has 1 N–H and O–H groups in total. The van der Waals surface area contributed by atoms with E-state index in [0.29, 0.717) is 0 Å². The predicted octanol–water partition coefficient (Wildman–Crippen LogP) is -1.04. The van der Waals surface area contributed by atoms with Gasteiger partial charge in [0.05, 0.1) is 6.26 Å². The molecule has 0 radical (unpaired) electrons. The van der Waals surface area contributed by atoms with E-state index in [9.17, 15) is 12.8 Å². The van der Waals surface area contributed by atoms with Crippen molar-refractivity contribution in [2.24, 2.45) is 0 Å². The Morgan fingerprint density at radius 1 is 1.55 bits per heavy atom. The Bertz CT molecular complexity index is 230. The predicted molar refractivity (Wildman–Crippen MR) is 37.3 cm³/mol. The van der Waals surface area contributed by atoms with Gasteiger partial charge in [0.1, 0.15) is 12.3 Å². The van der Waals surface area contributed by atoms with E-state index in [2.05, 4.69) is 0 Å². The zero-order chi connectivity index (χ0) is 8.65. The average molecular weight is 183 g/mol. The van der Waals surface area contributed by atoms with Crippen molar-refractivity contribution in [1.82, 2.24) is 4.31 Å². The van der Waals surface area contributed by atoms with Gasteiger partial charge in [0.2, 0.25) is 10.0 Å². The minimum absolute atomic E-state index is 0.125. The third kappa shape index (κ3) is 1.88. The number of rotatable bonds is 1. The van der Waals surface area contributed by atoms with E-state index in [1.807, 2.05) is 0 Å². The molecule has 1 fully saturated rings. The minimum Gasteiger partial charge on any atom is -0.389 e. The number of hydrogen-bond acceptors (Lipinski definition) is 3. The summed E-state index contributed by atoms with van der Waals surface area (Å²) >= 11 is 0. The van der Waals surface area contributed by atoms with Gasteiger partial charge in [-0.3, -0.25) is 0 Å². The van der Waals surface area contributed by atoms with Crippen LogP contribution >= 0.6 is 0 Å².